The van der Waals surface area contributed by atoms with Crippen LogP contribution in [0.4, 0.5) is 0 Å². The summed E-state index contributed by atoms with van der Waals surface area (Å²) in [6.07, 6.45) is 1.65. The molecule has 0 aliphatic carbocycles. The molecule has 0 fully saturated rings. The average molecular weight is 381 g/mol. The van der Waals surface area contributed by atoms with Gasteiger partial charge in [0.2, 0.25) is 0 Å². The van der Waals surface area contributed by atoms with Crippen molar-refractivity contribution < 1.29 is 9.90 Å². The second-order valence-electron chi connectivity index (χ2n) is 4.01. The molecule has 102 valence electrons. The molecule has 0 spiro atoms. The lowest BCUT2D eigenvalue weighted by Gasteiger charge is -2.05. The zero-order valence-electron chi connectivity index (χ0n) is 10.7. The van der Waals surface area contributed by atoms with Crippen LogP contribution in [0.3, 0.4) is 0 Å². The summed E-state index contributed by atoms with van der Waals surface area (Å²) in [6, 6.07) is 10.2. The fourth-order valence-corrected chi connectivity index (χ4v) is 2.01. The molecule has 0 bridgehead atoms. The molecule has 1 aromatic carbocycles. The smallest absolute Gasteiger partial charge is 0.275 e. The molecule has 0 atom stereocenters. The number of pyridine rings is 1. The Labute approximate surface area is 129 Å². The number of rotatable bonds is 3. The number of phenolic OH excluding ortho intramolecular Hbond substituents is 1. The number of aromatic nitrogens is 1. The van der Waals surface area contributed by atoms with E-state index in [9.17, 15) is 9.90 Å². The first-order valence-corrected chi connectivity index (χ1v) is 6.90. The van der Waals surface area contributed by atoms with E-state index in [1.807, 2.05) is 6.07 Å². The van der Waals surface area contributed by atoms with E-state index in [1.165, 1.54) is 6.07 Å². The zero-order valence-corrected chi connectivity index (χ0v) is 12.8. The quantitative estimate of drug-likeness (QED) is 0.488. The van der Waals surface area contributed by atoms with E-state index in [1.54, 1.807) is 37.4 Å². The highest BCUT2D eigenvalue weighted by Gasteiger charge is 2.11. The summed E-state index contributed by atoms with van der Waals surface area (Å²) in [7, 11) is 0. The Kier molecular flexibility index (Phi) is 4.67. The molecule has 2 aromatic rings. The molecule has 0 saturated carbocycles. The summed E-state index contributed by atoms with van der Waals surface area (Å²) < 4.78 is 0.857. The number of carbonyl (C=O) groups excluding carboxylic acids is 1. The second-order valence-corrected chi connectivity index (χ2v) is 5.26. The number of carbonyl (C=O) groups is 1. The summed E-state index contributed by atoms with van der Waals surface area (Å²) in [5.41, 5.74) is 3.87. The Morgan fingerprint density at radius 3 is 2.85 bits per heavy atom. The number of hydrogen-bond acceptors (Lipinski definition) is 4. The van der Waals surface area contributed by atoms with Crippen LogP contribution in [0, 0.1) is 3.57 Å². The number of phenols is 1. The van der Waals surface area contributed by atoms with Crippen molar-refractivity contribution in [2.75, 3.05) is 0 Å². The highest BCUT2D eigenvalue weighted by atomic mass is 127. The number of nitrogens with zero attached hydrogens (tertiary/aromatic N) is 2. The summed E-state index contributed by atoms with van der Waals surface area (Å²) in [5.74, 6) is -0.537. The first-order valence-electron chi connectivity index (χ1n) is 5.82. The van der Waals surface area contributed by atoms with Crippen molar-refractivity contribution in [3.63, 3.8) is 0 Å². The first-order chi connectivity index (χ1) is 9.58. The Morgan fingerprint density at radius 2 is 2.15 bits per heavy atom. The molecule has 5 nitrogen and oxygen atoms in total. The standard InChI is InChI=1S/C14H12IN3O2/c1-9(12-4-2-3-7-16-12)17-18-14(20)11-8-10(15)5-6-13(11)19/h2-8,19H,1H3,(H,18,20)/b17-9+. The third-order valence-corrected chi connectivity index (χ3v) is 3.23. The maximum Gasteiger partial charge on any atom is 0.275 e. The first kappa shape index (κ1) is 14.4. The van der Waals surface area contributed by atoms with Crippen molar-refractivity contribution in [1.82, 2.24) is 10.4 Å². The summed E-state index contributed by atoms with van der Waals surface area (Å²) in [4.78, 5) is 16.1. The van der Waals surface area contributed by atoms with E-state index in [0.29, 0.717) is 11.4 Å². The maximum absolute atomic E-state index is 12.0. The van der Waals surface area contributed by atoms with Crippen LogP contribution < -0.4 is 5.43 Å². The van der Waals surface area contributed by atoms with Gasteiger partial charge in [-0.25, -0.2) is 5.43 Å². The lowest BCUT2D eigenvalue weighted by Crippen LogP contribution is -2.19. The monoisotopic (exact) mass is 381 g/mol. The van der Waals surface area contributed by atoms with E-state index in [2.05, 4.69) is 38.1 Å². The predicted octanol–water partition coefficient (Wildman–Crippen LogP) is 2.55. The fourth-order valence-electron chi connectivity index (χ4n) is 1.52. The van der Waals surface area contributed by atoms with Crippen LogP contribution in [-0.2, 0) is 0 Å². The van der Waals surface area contributed by atoms with E-state index < -0.39 is 5.91 Å². The highest BCUT2D eigenvalue weighted by molar-refractivity contribution is 14.1. The van der Waals surface area contributed by atoms with Crippen molar-refractivity contribution in [2.45, 2.75) is 6.92 Å². The van der Waals surface area contributed by atoms with E-state index in [0.717, 1.165) is 3.57 Å². The molecule has 0 saturated heterocycles. The van der Waals surface area contributed by atoms with Crippen LogP contribution in [0.2, 0.25) is 0 Å². The number of amides is 1. The molecule has 2 rings (SSSR count). The topological polar surface area (TPSA) is 74.6 Å². The van der Waals surface area contributed by atoms with Gasteiger partial charge in [-0.3, -0.25) is 9.78 Å². The molecular weight excluding hydrogens is 369 g/mol. The lowest BCUT2D eigenvalue weighted by molar-refractivity contribution is 0.0952. The predicted molar refractivity (Wildman–Crippen MR) is 84.7 cm³/mol. The van der Waals surface area contributed by atoms with Crippen molar-refractivity contribution in [1.29, 1.82) is 0 Å². The molecule has 1 aromatic heterocycles. The molecule has 0 aliphatic heterocycles. The normalized spacial score (nSPS) is 11.2. The van der Waals surface area contributed by atoms with Gasteiger partial charge in [0.25, 0.3) is 5.91 Å². The minimum absolute atomic E-state index is 0.0754. The fraction of sp³-hybridized carbons (Fsp3) is 0.0714. The third kappa shape index (κ3) is 3.53. The number of aromatic hydroxyl groups is 1. The SMILES string of the molecule is C/C(=N\NC(=O)c1cc(I)ccc1O)c1ccccn1. The van der Waals surface area contributed by atoms with Crippen LogP contribution in [0.25, 0.3) is 0 Å². The molecule has 20 heavy (non-hydrogen) atoms. The van der Waals surface area contributed by atoms with E-state index in [4.69, 9.17) is 0 Å². The van der Waals surface area contributed by atoms with Crippen LogP contribution >= 0.6 is 22.6 Å². The minimum atomic E-state index is -0.462. The molecule has 0 aliphatic rings. The van der Waals surface area contributed by atoms with Gasteiger partial charge in [-0.15, -0.1) is 0 Å². The van der Waals surface area contributed by atoms with Gasteiger partial charge in [-0.05, 0) is 59.8 Å². The number of hydrogen-bond donors (Lipinski definition) is 2. The van der Waals surface area contributed by atoms with Crippen LogP contribution in [0.5, 0.6) is 5.75 Å². The Morgan fingerprint density at radius 1 is 1.35 bits per heavy atom. The van der Waals surface area contributed by atoms with Crippen molar-refractivity contribution in [3.05, 3.63) is 57.4 Å². The number of benzene rings is 1. The van der Waals surface area contributed by atoms with Gasteiger partial charge in [0.1, 0.15) is 5.75 Å². The average Bonchev–Trinajstić information content (AvgIpc) is 2.47. The molecule has 0 radical (unpaired) electrons. The number of hydrazone groups is 1. The molecule has 1 amide bonds. The second kappa shape index (κ2) is 6.47. The van der Waals surface area contributed by atoms with Crippen molar-refractivity contribution in [2.24, 2.45) is 5.10 Å². The molecule has 6 heteroatoms. The summed E-state index contributed by atoms with van der Waals surface area (Å²) in [6.45, 7) is 1.75. The number of nitrogens with one attached hydrogen (secondary N) is 1. The van der Waals surface area contributed by atoms with Gasteiger partial charge >= 0.3 is 0 Å². The Hall–Kier alpha value is -1.96. The minimum Gasteiger partial charge on any atom is -0.507 e. The highest BCUT2D eigenvalue weighted by Crippen LogP contribution is 2.19. The van der Waals surface area contributed by atoms with E-state index in [-0.39, 0.29) is 11.3 Å². The van der Waals surface area contributed by atoms with Gasteiger partial charge in [0.05, 0.1) is 17.0 Å². The largest absolute Gasteiger partial charge is 0.507 e. The Balaban J connectivity index is 2.14. The van der Waals surface area contributed by atoms with Crippen LogP contribution in [-0.4, -0.2) is 21.7 Å². The maximum atomic E-state index is 12.0. The van der Waals surface area contributed by atoms with Crippen molar-refractivity contribution in [3.8, 4) is 5.75 Å². The number of halogens is 1. The molecule has 1 heterocycles. The van der Waals surface area contributed by atoms with Crippen molar-refractivity contribution >= 4 is 34.2 Å². The van der Waals surface area contributed by atoms with Gasteiger partial charge in [0, 0.05) is 9.77 Å². The summed E-state index contributed by atoms with van der Waals surface area (Å²) in [5, 5.41) is 13.6. The van der Waals surface area contributed by atoms with Crippen LogP contribution in [0.15, 0.2) is 47.7 Å². The zero-order chi connectivity index (χ0) is 14.5. The van der Waals surface area contributed by atoms with Gasteiger partial charge in [0.15, 0.2) is 0 Å². The van der Waals surface area contributed by atoms with Gasteiger partial charge < -0.3 is 5.11 Å². The van der Waals surface area contributed by atoms with Gasteiger partial charge in [-0.1, -0.05) is 6.07 Å². The van der Waals surface area contributed by atoms with E-state index >= 15 is 0 Å². The molecule has 0 unspecified atom stereocenters. The lowest BCUT2D eigenvalue weighted by atomic mass is 10.2. The Bertz CT molecular complexity index is 657. The van der Waals surface area contributed by atoms with Crippen LogP contribution in [0.1, 0.15) is 23.0 Å². The third-order valence-electron chi connectivity index (χ3n) is 2.56. The molecule has 2 N–H and O–H groups in total. The summed E-state index contributed by atoms with van der Waals surface area (Å²) >= 11 is 2.07. The van der Waals surface area contributed by atoms with Gasteiger partial charge in [-0.2, -0.15) is 5.10 Å². The molecular formula is C14H12IN3O2.